The van der Waals surface area contributed by atoms with Crippen LogP contribution in [0, 0.1) is 6.92 Å². The van der Waals surface area contributed by atoms with E-state index in [0.717, 1.165) is 5.92 Å². The lowest BCUT2D eigenvalue weighted by Crippen LogP contribution is -2.30. The van der Waals surface area contributed by atoms with Crippen LogP contribution in [0.4, 0.5) is 0 Å². The highest BCUT2D eigenvalue weighted by molar-refractivity contribution is 7.10. The second-order valence-corrected chi connectivity index (χ2v) is 5.75. The first kappa shape index (κ1) is 11.2. The first-order valence-corrected chi connectivity index (χ1v) is 6.91. The molecule has 1 aromatic heterocycles. The Balaban J connectivity index is 2.16. The molecule has 1 nitrogen and oxygen atoms in total. The van der Waals surface area contributed by atoms with E-state index in [-0.39, 0.29) is 0 Å². The molecule has 0 saturated heterocycles. The van der Waals surface area contributed by atoms with Crippen molar-refractivity contribution in [3.05, 3.63) is 21.9 Å². The standard InChI is InChI=1S/C13H21NS/c1-10-8-11(9-15-10)12-6-4-3-5-7-13(12)14-2/h8-9,12-14H,3-7H2,1-2H3. The van der Waals surface area contributed by atoms with Crippen LogP contribution in [-0.4, -0.2) is 13.1 Å². The quantitative estimate of drug-likeness (QED) is 0.754. The molecule has 2 rings (SSSR count). The van der Waals surface area contributed by atoms with Gasteiger partial charge in [-0.3, -0.25) is 0 Å². The number of hydrogen-bond donors (Lipinski definition) is 1. The summed E-state index contributed by atoms with van der Waals surface area (Å²) >= 11 is 1.89. The zero-order valence-electron chi connectivity index (χ0n) is 9.75. The van der Waals surface area contributed by atoms with Crippen LogP contribution in [0.3, 0.4) is 0 Å². The summed E-state index contributed by atoms with van der Waals surface area (Å²) in [6.07, 6.45) is 6.92. The van der Waals surface area contributed by atoms with Crippen molar-refractivity contribution >= 4 is 11.3 Å². The summed E-state index contributed by atoms with van der Waals surface area (Å²) in [6, 6.07) is 3.08. The molecule has 2 atom stereocenters. The minimum absolute atomic E-state index is 0.696. The van der Waals surface area contributed by atoms with Crippen molar-refractivity contribution in [2.75, 3.05) is 7.05 Å². The van der Waals surface area contributed by atoms with Gasteiger partial charge in [0.2, 0.25) is 0 Å². The third-order valence-electron chi connectivity index (χ3n) is 3.57. The van der Waals surface area contributed by atoms with Crippen molar-refractivity contribution in [1.29, 1.82) is 0 Å². The Hall–Kier alpha value is -0.340. The second-order valence-electron chi connectivity index (χ2n) is 4.63. The Morgan fingerprint density at radius 2 is 2.07 bits per heavy atom. The SMILES string of the molecule is CNC1CCCCCC1c1csc(C)c1. The van der Waals surface area contributed by atoms with Gasteiger partial charge in [0.15, 0.2) is 0 Å². The molecule has 0 bridgehead atoms. The number of nitrogens with one attached hydrogen (secondary N) is 1. The smallest absolute Gasteiger partial charge is 0.0133 e. The summed E-state index contributed by atoms with van der Waals surface area (Å²) in [7, 11) is 2.11. The lowest BCUT2D eigenvalue weighted by atomic mass is 9.89. The summed E-state index contributed by atoms with van der Waals surface area (Å²) in [5, 5.41) is 5.86. The lowest BCUT2D eigenvalue weighted by Gasteiger charge is -2.24. The average Bonchev–Trinajstić information content (AvgIpc) is 2.54. The van der Waals surface area contributed by atoms with Gasteiger partial charge in [0.25, 0.3) is 0 Å². The normalized spacial score (nSPS) is 27.6. The second kappa shape index (κ2) is 5.13. The molecule has 0 radical (unpaired) electrons. The van der Waals surface area contributed by atoms with E-state index in [0.29, 0.717) is 6.04 Å². The molecule has 1 aliphatic rings. The molecule has 2 unspecified atom stereocenters. The molecule has 84 valence electrons. The van der Waals surface area contributed by atoms with Crippen LogP contribution in [0.15, 0.2) is 11.4 Å². The fourth-order valence-electron chi connectivity index (χ4n) is 2.71. The summed E-state index contributed by atoms with van der Waals surface area (Å²) in [5.74, 6) is 0.752. The number of hydrogen-bond acceptors (Lipinski definition) is 2. The Kier molecular flexibility index (Phi) is 3.81. The maximum atomic E-state index is 3.51. The Bertz CT molecular complexity index is 305. The summed E-state index contributed by atoms with van der Waals surface area (Å²) < 4.78 is 0. The topological polar surface area (TPSA) is 12.0 Å². The Morgan fingerprint density at radius 3 is 2.73 bits per heavy atom. The van der Waals surface area contributed by atoms with Crippen molar-refractivity contribution in [3.63, 3.8) is 0 Å². The fraction of sp³-hybridized carbons (Fsp3) is 0.692. The van der Waals surface area contributed by atoms with E-state index in [1.807, 2.05) is 11.3 Å². The van der Waals surface area contributed by atoms with E-state index in [4.69, 9.17) is 0 Å². The molecule has 1 heterocycles. The van der Waals surface area contributed by atoms with Gasteiger partial charge < -0.3 is 5.32 Å². The van der Waals surface area contributed by atoms with Crippen LogP contribution in [0.2, 0.25) is 0 Å². The molecule has 0 aromatic carbocycles. The van der Waals surface area contributed by atoms with Crippen molar-refractivity contribution in [2.45, 2.75) is 51.0 Å². The third kappa shape index (κ3) is 2.61. The maximum absolute atomic E-state index is 3.51. The summed E-state index contributed by atoms with van der Waals surface area (Å²) in [5.41, 5.74) is 1.57. The highest BCUT2D eigenvalue weighted by atomic mass is 32.1. The molecule has 2 heteroatoms. The van der Waals surface area contributed by atoms with Crippen LogP contribution >= 0.6 is 11.3 Å². The zero-order chi connectivity index (χ0) is 10.7. The average molecular weight is 223 g/mol. The van der Waals surface area contributed by atoms with Crippen molar-refractivity contribution in [2.24, 2.45) is 0 Å². The minimum atomic E-state index is 0.696. The number of rotatable bonds is 2. The fourth-order valence-corrected chi connectivity index (χ4v) is 3.48. The van der Waals surface area contributed by atoms with Gasteiger partial charge in [0, 0.05) is 16.8 Å². The molecular weight excluding hydrogens is 202 g/mol. The molecule has 1 aliphatic carbocycles. The minimum Gasteiger partial charge on any atom is -0.316 e. The third-order valence-corrected chi connectivity index (χ3v) is 4.45. The molecule has 1 fully saturated rings. The number of likely N-dealkylation sites (N-methyl/N-ethyl adjacent to an activating group) is 1. The largest absolute Gasteiger partial charge is 0.316 e. The molecule has 0 amide bonds. The summed E-state index contributed by atoms with van der Waals surface area (Å²) in [4.78, 5) is 1.45. The van der Waals surface area contributed by atoms with Crippen LogP contribution in [0.1, 0.15) is 48.5 Å². The van der Waals surface area contributed by atoms with Crippen molar-refractivity contribution in [1.82, 2.24) is 5.32 Å². The van der Waals surface area contributed by atoms with E-state index in [1.165, 1.54) is 37.0 Å². The number of aryl methyl sites for hydroxylation is 1. The van der Waals surface area contributed by atoms with Gasteiger partial charge in [0.1, 0.15) is 0 Å². The van der Waals surface area contributed by atoms with E-state index < -0.39 is 0 Å². The molecule has 1 saturated carbocycles. The van der Waals surface area contributed by atoms with E-state index in [9.17, 15) is 0 Å². The Morgan fingerprint density at radius 1 is 1.27 bits per heavy atom. The van der Waals surface area contributed by atoms with Crippen molar-refractivity contribution in [3.8, 4) is 0 Å². The van der Waals surface area contributed by atoms with Gasteiger partial charge in [0.05, 0.1) is 0 Å². The first-order chi connectivity index (χ1) is 7.31. The van der Waals surface area contributed by atoms with Gasteiger partial charge in [-0.1, -0.05) is 19.3 Å². The van der Waals surface area contributed by atoms with E-state index in [2.05, 4.69) is 30.7 Å². The molecule has 1 N–H and O–H groups in total. The predicted molar refractivity (Wildman–Crippen MR) is 67.7 cm³/mol. The predicted octanol–water partition coefficient (Wildman–Crippen LogP) is 3.69. The molecule has 0 aliphatic heterocycles. The van der Waals surface area contributed by atoms with Gasteiger partial charge in [-0.2, -0.15) is 0 Å². The molecule has 0 spiro atoms. The van der Waals surface area contributed by atoms with Crippen LogP contribution < -0.4 is 5.32 Å². The van der Waals surface area contributed by atoms with Crippen molar-refractivity contribution < 1.29 is 0 Å². The van der Waals surface area contributed by atoms with E-state index in [1.54, 1.807) is 5.56 Å². The highest BCUT2D eigenvalue weighted by Gasteiger charge is 2.24. The summed E-state index contributed by atoms with van der Waals surface area (Å²) in [6.45, 7) is 2.21. The monoisotopic (exact) mass is 223 g/mol. The molecular formula is C13H21NS. The van der Waals surface area contributed by atoms with Gasteiger partial charge in [-0.15, -0.1) is 11.3 Å². The van der Waals surface area contributed by atoms with Gasteiger partial charge in [-0.05, 0) is 43.8 Å². The molecule has 1 aromatic rings. The van der Waals surface area contributed by atoms with Gasteiger partial charge in [-0.25, -0.2) is 0 Å². The number of thiophene rings is 1. The van der Waals surface area contributed by atoms with Crippen LogP contribution in [0.5, 0.6) is 0 Å². The molecule has 15 heavy (non-hydrogen) atoms. The Labute approximate surface area is 96.9 Å². The first-order valence-electron chi connectivity index (χ1n) is 6.03. The zero-order valence-corrected chi connectivity index (χ0v) is 10.6. The van der Waals surface area contributed by atoms with Crippen LogP contribution in [-0.2, 0) is 0 Å². The maximum Gasteiger partial charge on any atom is 0.0133 e. The van der Waals surface area contributed by atoms with Crippen LogP contribution in [0.25, 0.3) is 0 Å². The van der Waals surface area contributed by atoms with E-state index >= 15 is 0 Å². The van der Waals surface area contributed by atoms with Gasteiger partial charge >= 0.3 is 0 Å². The lowest BCUT2D eigenvalue weighted by molar-refractivity contribution is 0.440. The highest BCUT2D eigenvalue weighted by Crippen LogP contribution is 2.33.